The molecule has 0 fully saturated rings. The van der Waals surface area contributed by atoms with Gasteiger partial charge in [-0.3, -0.25) is 4.18 Å². The molecular formula is C10H14O3S. The highest BCUT2D eigenvalue weighted by Gasteiger charge is 2.14. The Balaban J connectivity index is 3.41. The van der Waals surface area contributed by atoms with Crippen LogP contribution < -0.4 is 0 Å². The van der Waals surface area contributed by atoms with Crippen LogP contribution in [0.5, 0.6) is 0 Å². The van der Waals surface area contributed by atoms with E-state index < -0.39 is 10.1 Å². The molecule has 0 aliphatic rings. The van der Waals surface area contributed by atoms with E-state index in [1.807, 2.05) is 20.8 Å². The van der Waals surface area contributed by atoms with Gasteiger partial charge in [0, 0.05) is 0 Å². The molecule has 14 heavy (non-hydrogen) atoms. The maximum Gasteiger partial charge on any atom is 0.296 e. The van der Waals surface area contributed by atoms with Gasteiger partial charge in [-0.15, -0.1) is 0 Å². The van der Waals surface area contributed by atoms with Crippen LogP contribution in [0.3, 0.4) is 0 Å². The Morgan fingerprint density at radius 3 is 1.86 bits per heavy atom. The second-order valence-corrected chi connectivity index (χ2v) is 5.02. The maximum atomic E-state index is 11.4. The fraction of sp³-hybridized carbons (Fsp3) is 0.400. The third-order valence-corrected chi connectivity index (χ3v) is 3.66. The lowest BCUT2D eigenvalue weighted by Gasteiger charge is -2.08. The van der Waals surface area contributed by atoms with E-state index in [1.165, 1.54) is 7.11 Å². The number of aryl methyl sites for hydroxylation is 2. The monoisotopic (exact) mass is 214 g/mol. The lowest BCUT2D eigenvalue weighted by molar-refractivity contribution is 0.397. The van der Waals surface area contributed by atoms with Gasteiger partial charge < -0.3 is 0 Å². The molecule has 3 nitrogen and oxygen atoms in total. The van der Waals surface area contributed by atoms with Gasteiger partial charge >= 0.3 is 0 Å². The van der Waals surface area contributed by atoms with Gasteiger partial charge in [-0.1, -0.05) is 0 Å². The molecule has 0 bridgehead atoms. The van der Waals surface area contributed by atoms with Crippen molar-refractivity contribution in [2.24, 2.45) is 0 Å². The Kier molecular flexibility index (Phi) is 2.97. The summed E-state index contributed by atoms with van der Waals surface area (Å²) < 4.78 is 27.2. The Hall–Kier alpha value is -0.870. The molecule has 1 aromatic carbocycles. The summed E-state index contributed by atoms with van der Waals surface area (Å²) in [6, 6.07) is 3.25. The minimum atomic E-state index is -3.56. The first-order valence-electron chi connectivity index (χ1n) is 4.27. The van der Waals surface area contributed by atoms with E-state index in [-0.39, 0.29) is 4.90 Å². The van der Waals surface area contributed by atoms with Crippen LogP contribution in [0.15, 0.2) is 17.0 Å². The molecule has 1 aromatic rings. The molecule has 4 heteroatoms. The van der Waals surface area contributed by atoms with Gasteiger partial charge in [0.1, 0.15) is 0 Å². The van der Waals surface area contributed by atoms with Gasteiger partial charge in [-0.05, 0) is 49.6 Å². The van der Waals surface area contributed by atoms with Gasteiger partial charge in [0.25, 0.3) is 10.1 Å². The number of hydrogen-bond donors (Lipinski definition) is 0. The van der Waals surface area contributed by atoms with Crippen molar-refractivity contribution in [1.82, 2.24) is 0 Å². The molecule has 0 saturated heterocycles. The van der Waals surface area contributed by atoms with E-state index >= 15 is 0 Å². The topological polar surface area (TPSA) is 43.4 Å². The summed E-state index contributed by atoms with van der Waals surface area (Å²) in [5.74, 6) is 0. The van der Waals surface area contributed by atoms with Crippen molar-refractivity contribution in [3.05, 3.63) is 28.8 Å². The SMILES string of the molecule is COS(=O)(=O)c1cc(C)c(C)c(C)c1. The molecule has 0 amide bonds. The quantitative estimate of drug-likeness (QED) is 0.707. The van der Waals surface area contributed by atoms with Gasteiger partial charge in [0.05, 0.1) is 12.0 Å². The van der Waals surface area contributed by atoms with E-state index in [0.717, 1.165) is 16.7 Å². The largest absolute Gasteiger partial charge is 0.296 e. The summed E-state index contributed by atoms with van der Waals surface area (Å²) in [6.07, 6.45) is 0. The summed E-state index contributed by atoms with van der Waals surface area (Å²) in [7, 11) is -2.39. The highest BCUT2D eigenvalue weighted by Crippen LogP contribution is 2.20. The van der Waals surface area contributed by atoms with Crippen molar-refractivity contribution in [3.8, 4) is 0 Å². The summed E-state index contributed by atoms with van der Waals surface area (Å²) in [4.78, 5) is 0.223. The first kappa shape index (κ1) is 11.2. The van der Waals surface area contributed by atoms with Gasteiger partial charge in [-0.25, -0.2) is 0 Å². The minimum Gasteiger partial charge on any atom is -0.270 e. The van der Waals surface area contributed by atoms with Crippen LogP contribution in [0.25, 0.3) is 0 Å². The molecule has 0 heterocycles. The average Bonchev–Trinajstić information content (AvgIpc) is 2.13. The Bertz CT molecular complexity index is 423. The minimum absolute atomic E-state index is 0.223. The lowest BCUT2D eigenvalue weighted by atomic mass is 10.1. The van der Waals surface area contributed by atoms with Crippen LogP contribution in [0, 0.1) is 20.8 Å². The molecule has 78 valence electrons. The van der Waals surface area contributed by atoms with Crippen molar-refractivity contribution in [2.75, 3.05) is 7.11 Å². The Labute approximate surface area is 84.8 Å². The standard InChI is InChI=1S/C10H14O3S/c1-7-5-10(14(11,12)13-4)6-8(2)9(7)3/h5-6H,1-4H3. The highest BCUT2D eigenvalue weighted by atomic mass is 32.2. The maximum absolute atomic E-state index is 11.4. The van der Waals surface area contributed by atoms with Crippen molar-refractivity contribution in [1.29, 1.82) is 0 Å². The van der Waals surface area contributed by atoms with Gasteiger partial charge in [-0.2, -0.15) is 8.42 Å². The van der Waals surface area contributed by atoms with Crippen LogP contribution in [-0.2, 0) is 14.3 Å². The molecule has 1 rings (SSSR count). The van der Waals surface area contributed by atoms with Crippen LogP contribution in [-0.4, -0.2) is 15.5 Å². The second-order valence-electron chi connectivity index (χ2n) is 3.30. The molecule has 0 atom stereocenters. The fourth-order valence-electron chi connectivity index (χ4n) is 1.24. The van der Waals surface area contributed by atoms with Crippen molar-refractivity contribution in [3.63, 3.8) is 0 Å². The molecular weight excluding hydrogens is 200 g/mol. The first-order chi connectivity index (χ1) is 6.38. The van der Waals surface area contributed by atoms with Gasteiger partial charge in [0.15, 0.2) is 0 Å². The number of hydrogen-bond acceptors (Lipinski definition) is 3. The van der Waals surface area contributed by atoms with Crippen molar-refractivity contribution in [2.45, 2.75) is 25.7 Å². The van der Waals surface area contributed by atoms with Gasteiger partial charge in [0.2, 0.25) is 0 Å². The predicted octanol–water partition coefficient (Wildman–Crippen LogP) is 1.95. The van der Waals surface area contributed by atoms with E-state index in [1.54, 1.807) is 12.1 Å². The van der Waals surface area contributed by atoms with E-state index in [4.69, 9.17) is 0 Å². The fourth-order valence-corrected chi connectivity index (χ4v) is 2.07. The molecule has 0 N–H and O–H groups in total. The Morgan fingerprint density at radius 1 is 1.07 bits per heavy atom. The molecule has 0 saturated carbocycles. The lowest BCUT2D eigenvalue weighted by Crippen LogP contribution is -2.04. The summed E-state index contributed by atoms with van der Waals surface area (Å²) in [5.41, 5.74) is 3.03. The molecule has 0 radical (unpaired) electrons. The third kappa shape index (κ3) is 1.96. The number of benzene rings is 1. The Morgan fingerprint density at radius 2 is 1.50 bits per heavy atom. The average molecular weight is 214 g/mol. The van der Waals surface area contributed by atoms with Crippen LogP contribution in [0.1, 0.15) is 16.7 Å². The predicted molar refractivity (Wildman–Crippen MR) is 54.8 cm³/mol. The van der Waals surface area contributed by atoms with Crippen LogP contribution in [0.4, 0.5) is 0 Å². The van der Waals surface area contributed by atoms with E-state index in [2.05, 4.69) is 4.18 Å². The van der Waals surface area contributed by atoms with E-state index in [9.17, 15) is 8.42 Å². The second kappa shape index (κ2) is 3.71. The molecule has 0 aromatic heterocycles. The molecule has 0 unspecified atom stereocenters. The zero-order valence-corrected chi connectivity index (χ0v) is 9.60. The van der Waals surface area contributed by atoms with Crippen molar-refractivity contribution >= 4 is 10.1 Å². The summed E-state index contributed by atoms with van der Waals surface area (Å²) in [6.45, 7) is 5.74. The van der Waals surface area contributed by atoms with Crippen molar-refractivity contribution < 1.29 is 12.6 Å². The summed E-state index contributed by atoms with van der Waals surface area (Å²) >= 11 is 0. The molecule has 0 aliphatic heterocycles. The third-order valence-electron chi connectivity index (χ3n) is 2.41. The van der Waals surface area contributed by atoms with E-state index in [0.29, 0.717) is 0 Å². The van der Waals surface area contributed by atoms with Crippen LogP contribution >= 0.6 is 0 Å². The molecule has 0 spiro atoms. The zero-order chi connectivity index (χ0) is 10.9. The number of rotatable bonds is 2. The zero-order valence-electron chi connectivity index (χ0n) is 8.79. The normalized spacial score (nSPS) is 11.7. The smallest absolute Gasteiger partial charge is 0.270 e. The first-order valence-corrected chi connectivity index (χ1v) is 5.68. The van der Waals surface area contributed by atoms with Crippen LogP contribution in [0.2, 0.25) is 0 Å². The highest BCUT2D eigenvalue weighted by molar-refractivity contribution is 7.86. The molecule has 0 aliphatic carbocycles. The summed E-state index contributed by atoms with van der Waals surface area (Å²) in [5, 5.41) is 0.